The summed E-state index contributed by atoms with van der Waals surface area (Å²) in [4.78, 5) is 0. The Morgan fingerprint density at radius 1 is 1.39 bits per heavy atom. The molecule has 1 aromatic carbocycles. The first-order chi connectivity index (χ1) is 8.70. The van der Waals surface area contributed by atoms with E-state index in [0.717, 1.165) is 24.1 Å². The molecule has 0 aliphatic rings. The molecular formula is C15H19N3. The van der Waals surface area contributed by atoms with Crippen molar-refractivity contribution in [2.75, 3.05) is 0 Å². The Balaban J connectivity index is 2.13. The van der Waals surface area contributed by atoms with E-state index in [-0.39, 0.29) is 6.04 Å². The van der Waals surface area contributed by atoms with Crippen molar-refractivity contribution in [3.05, 3.63) is 60.4 Å². The van der Waals surface area contributed by atoms with Gasteiger partial charge in [0.15, 0.2) is 0 Å². The van der Waals surface area contributed by atoms with Gasteiger partial charge >= 0.3 is 0 Å². The van der Waals surface area contributed by atoms with Gasteiger partial charge in [-0.2, -0.15) is 5.10 Å². The highest BCUT2D eigenvalue weighted by Crippen LogP contribution is 2.19. The molecule has 2 aromatic rings. The average molecular weight is 241 g/mol. The molecule has 0 saturated carbocycles. The molecule has 0 aliphatic carbocycles. The van der Waals surface area contributed by atoms with Gasteiger partial charge in [-0.05, 0) is 25.0 Å². The number of aromatic nitrogens is 2. The van der Waals surface area contributed by atoms with E-state index in [1.807, 2.05) is 47.4 Å². The first-order valence-electron chi connectivity index (χ1n) is 6.23. The highest BCUT2D eigenvalue weighted by Gasteiger charge is 2.10. The van der Waals surface area contributed by atoms with E-state index >= 15 is 0 Å². The standard InChI is InChI=1S/C15H19N3/c1-3-12(2)9-15(16)13-10-17-18(11-13)14-7-5-4-6-8-14/h4-8,10-11,15H,2-3,9,16H2,1H3. The fourth-order valence-electron chi connectivity index (χ4n) is 1.82. The summed E-state index contributed by atoms with van der Waals surface area (Å²) in [6.45, 7) is 6.10. The van der Waals surface area contributed by atoms with Crippen LogP contribution in [0.2, 0.25) is 0 Å². The van der Waals surface area contributed by atoms with Gasteiger partial charge in [-0.15, -0.1) is 0 Å². The third-order valence-electron chi connectivity index (χ3n) is 3.06. The molecule has 0 radical (unpaired) electrons. The lowest BCUT2D eigenvalue weighted by Gasteiger charge is -2.10. The van der Waals surface area contributed by atoms with Crippen LogP contribution in [0.4, 0.5) is 0 Å². The molecule has 0 aliphatic heterocycles. The summed E-state index contributed by atoms with van der Waals surface area (Å²) in [6.07, 6.45) is 5.61. The zero-order valence-electron chi connectivity index (χ0n) is 10.7. The minimum atomic E-state index is -0.0186. The zero-order valence-corrected chi connectivity index (χ0v) is 10.7. The van der Waals surface area contributed by atoms with Crippen LogP contribution in [0.5, 0.6) is 0 Å². The number of para-hydroxylation sites is 1. The van der Waals surface area contributed by atoms with Gasteiger partial charge in [0.1, 0.15) is 0 Å². The molecule has 0 amide bonds. The maximum Gasteiger partial charge on any atom is 0.0645 e. The Bertz CT molecular complexity index is 514. The summed E-state index contributed by atoms with van der Waals surface area (Å²) in [7, 11) is 0. The van der Waals surface area contributed by atoms with Crippen LogP contribution in [0.3, 0.4) is 0 Å². The van der Waals surface area contributed by atoms with Gasteiger partial charge in [0.05, 0.1) is 11.9 Å². The fraction of sp³-hybridized carbons (Fsp3) is 0.267. The minimum Gasteiger partial charge on any atom is -0.324 e. The molecule has 1 heterocycles. The largest absolute Gasteiger partial charge is 0.324 e. The predicted molar refractivity (Wildman–Crippen MR) is 74.5 cm³/mol. The van der Waals surface area contributed by atoms with E-state index in [9.17, 15) is 0 Å². The lowest BCUT2D eigenvalue weighted by molar-refractivity contribution is 0.701. The normalized spacial score (nSPS) is 12.3. The van der Waals surface area contributed by atoms with E-state index in [2.05, 4.69) is 18.6 Å². The van der Waals surface area contributed by atoms with Gasteiger partial charge < -0.3 is 5.73 Å². The predicted octanol–water partition coefficient (Wildman–Crippen LogP) is 3.23. The van der Waals surface area contributed by atoms with E-state index in [0.29, 0.717) is 0 Å². The van der Waals surface area contributed by atoms with Gasteiger partial charge in [0, 0.05) is 17.8 Å². The molecule has 94 valence electrons. The smallest absolute Gasteiger partial charge is 0.0645 e. The molecule has 3 heteroatoms. The van der Waals surface area contributed by atoms with Crippen molar-refractivity contribution in [1.29, 1.82) is 0 Å². The quantitative estimate of drug-likeness (QED) is 0.817. The second-order valence-electron chi connectivity index (χ2n) is 4.47. The van der Waals surface area contributed by atoms with Crippen LogP contribution in [0, 0.1) is 0 Å². The molecule has 1 atom stereocenters. The van der Waals surface area contributed by atoms with Crippen LogP contribution in [0.15, 0.2) is 54.9 Å². The number of benzene rings is 1. The van der Waals surface area contributed by atoms with E-state index in [1.54, 1.807) is 0 Å². The molecule has 0 spiro atoms. The van der Waals surface area contributed by atoms with E-state index < -0.39 is 0 Å². The van der Waals surface area contributed by atoms with Crippen LogP contribution in [-0.4, -0.2) is 9.78 Å². The van der Waals surface area contributed by atoms with Crippen LogP contribution in [0.1, 0.15) is 31.4 Å². The summed E-state index contributed by atoms with van der Waals surface area (Å²) in [6, 6.07) is 10.0. The van der Waals surface area contributed by atoms with Gasteiger partial charge in [-0.1, -0.05) is 37.3 Å². The zero-order chi connectivity index (χ0) is 13.0. The van der Waals surface area contributed by atoms with Gasteiger partial charge in [-0.25, -0.2) is 4.68 Å². The number of nitrogens with zero attached hydrogens (tertiary/aromatic N) is 2. The molecule has 2 rings (SSSR count). The molecule has 0 bridgehead atoms. The molecule has 3 nitrogen and oxygen atoms in total. The fourth-order valence-corrected chi connectivity index (χ4v) is 1.82. The van der Waals surface area contributed by atoms with Gasteiger partial charge in [-0.3, -0.25) is 0 Å². The maximum atomic E-state index is 6.15. The van der Waals surface area contributed by atoms with E-state index in [4.69, 9.17) is 5.73 Å². The Kier molecular flexibility index (Phi) is 3.95. The second kappa shape index (κ2) is 5.65. The lowest BCUT2D eigenvalue weighted by Crippen LogP contribution is -2.10. The molecule has 0 fully saturated rings. The first kappa shape index (κ1) is 12.6. The van der Waals surface area contributed by atoms with Crippen molar-refractivity contribution < 1.29 is 0 Å². The van der Waals surface area contributed by atoms with E-state index in [1.165, 1.54) is 5.57 Å². The summed E-state index contributed by atoms with van der Waals surface area (Å²) in [5, 5.41) is 4.35. The van der Waals surface area contributed by atoms with Gasteiger partial charge in [0.25, 0.3) is 0 Å². The molecule has 1 unspecified atom stereocenters. The van der Waals surface area contributed by atoms with Crippen LogP contribution in [0.25, 0.3) is 5.69 Å². The Labute approximate surface area is 108 Å². The molecule has 18 heavy (non-hydrogen) atoms. The lowest BCUT2D eigenvalue weighted by atomic mass is 10.0. The van der Waals surface area contributed by atoms with Crippen molar-refractivity contribution in [1.82, 2.24) is 9.78 Å². The van der Waals surface area contributed by atoms with Crippen LogP contribution in [-0.2, 0) is 0 Å². The number of hydrogen-bond acceptors (Lipinski definition) is 2. The Morgan fingerprint density at radius 2 is 2.11 bits per heavy atom. The monoisotopic (exact) mass is 241 g/mol. The Morgan fingerprint density at radius 3 is 2.78 bits per heavy atom. The summed E-state index contributed by atoms with van der Waals surface area (Å²) in [5.41, 5.74) is 9.42. The molecule has 1 aromatic heterocycles. The maximum absolute atomic E-state index is 6.15. The second-order valence-corrected chi connectivity index (χ2v) is 4.47. The average Bonchev–Trinajstić information content (AvgIpc) is 2.89. The third kappa shape index (κ3) is 2.87. The van der Waals surface area contributed by atoms with Crippen molar-refractivity contribution in [3.63, 3.8) is 0 Å². The summed E-state index contributed by atoms with van der Waals surface area (Å²) >= 11 is 0. The summed E-state index contributed by atoms with van der Waals surface area (Å²) < 4.78 is 1.85. The van der Waals surface area contributed by atoms with Gasteiger partial charge in [0.2, 0.25) is 0 Å². The molecular weight excluding hydrogens is 222 g/mol. The minimum absolute atomic E-state index is 0.0186. The van der Waals surface area contributed by atoms with Crippen LogP contribution >= 0.6 is 0 Å². The van der Waals surface area contributed by atoms with Crippen molar-refractivity contribution in [3.8, 4) is 5.69 Å². The Hall–Kier alpha value is -1.87. The summed E-state index contributed by atoms with van der Waals surface area (Å²) in [5.74, 6) is 0. The number of hydrogen-bond donors (Lipinski definition) is 1. The number of nitrogens with two attached hydrogens (primary N) is 1. The highest BCUT2D eigenvalue weighted by atomic mass is 15.3. The first-order valence-corrected chi connectivity index (χ1v) is 6.23. The SMILES string of the molecule is C=C(CC)CC(N)c1cnn(-c2ccccc2)c1. The molecule has 2 N–H and O–H groups in total. The van der Waals surface area contributed by atoms with Crippen LogP contribution < -0.4 is 5.73 Å². The molecule has 0 saturated heterocycles. The van der Waals surface area contributed by atoms with Crippen molar-refractivity contribution in [2.45, 2.75) is 25.8 Å². The third-order valence-corrected chi connectivity index (χ3v) is 3.06. The highest BCUT2D eigenvalue weighted by molar-refractivity contribution is 5.31. The van der Waals surface area contributed by atoms with Crippen molar-refractivity contribution >= 4 is 0 Å². The van der Waals surface area contributed by atoms with Crippen molar-refractivity contribution in [2.24, 2.45) is 5.73 Å². The topological polar surface area (TPSA) is 43.8 Å². The number of rotatable bonds is 5.